The Balaban J connectivity index is 1.72. The van der Waals surface area contributed by atoms with E-state index in [0.717, 1.165) is 11.3 Å². The number of carbonyl (C=O) groups is 2. The van der Waals surface area contributed by atoms with Crippen molar-refractivity contribution in [1.29, 1.82) is 0 Å². The van der Waals surface area contributed by atoms with Gasteiger partial charge in [0.15, 0.2) is 4.34 Å². The molecule has 0 unspecified atom stereocenters. The fourth-order valence-electron chi connectivity index (χ4n) is 2.73. The van der Waals surface area contributed by atoms with Crippen LogP contribution in [-0.2, 0) is 6.54 Å². The molecule has 2 amide bonds. The number of amides is 2. The van der Waals surface area contributed by atoms with Crippen molar-refractivity contribution in [2.75, 3.05) is 6.54 Å². The number of hydrogen-bond acceptors (Lipinski definition) is 7. The number of rotatable bonds is 8. The lowest BCUT2D eigenvalue weighted by atomic mass is 10.1. The number of aromatic nitrogens is 1. The standard InChI is InChI=1S/C21H20N4O4S2/c1-3-22-19(26)15-6-4-5-14(9-15)11-23-20(27)16-7-8-18(17(10-16)25(28)29)31-21-24-13(2)12-30-21/h4-10,12H,3,11H2,1-2H3,(H,22,26)(H,23,27). The fourth-order valence-corrected chi connectivity index (χ4v) is 4.61. The number of carbonyl (C=O) groups excluding carboxylic acids is 2. The number of nitrogens with zero attached hydrogens (tertiary/aromatic N) is 2. The third kappa shape index (κ3) is 5.89. The molecule has 3 aromatic rings. The molecule has 0 saturated carbocycles. The molecule has 0 bridgehead atoms. The molecular formula is C21H20N4O4S2. The molecule has 0 fully saturated rings. The molecular weight excluding hydrogens is 436 g/mol. The third-order valence-electron chi connectivity index (χ3n) is 4.19. The number of nitrogens with one attached hydrogen (secondary N) is 2. The Morgan fingerprint density at radius 2 is 1.87 bits per heavy atom. The molecule has 0 saturated heterocycles. The van der Waals surface area contributed by atoms with Gasteiger partial charge in [-0.1, -0.05) is 23.9 Å². The summed E-state index contributed by atoms with van der Waals surface area (Å²) < 4.78 is 0.699. The summed E-state index contributed by atoms with van der Waals surface area (Å²) in [7, 11) is 0. The number of thiazole rings is 1. The first kappa shape index (κ1) is 22.4. The minimum Gasteiger partial charge on any atom is -0.352 e. The molecule has 2 N–H and O–H groups in total. The van der Waals surface area contributed by atoms with Gasteiger partial charge in [0.2, 0.25) is 0 Å². The molecule has 0 atom stereocenters. The smallest absolute Gasteiger partial charge is 0.284 e. The Kier molecular flexibility index (Phi) is 7.37. The highest BCUT2D eigenvalue weighted by atomic mass is 32.2. The van der Waals surface area contributed by atoms with Gasteiger partial charge in [-0.25, -0.2) is 4.98 Å². The van der Waals surface area contributed by atoms with E-state index >= 15 is 0 Å². The minimum atomic E-state index is -0.505. The van der Waals surface area contributed by atoms with Gasteiger partial charge in [-0.3, -0.25) is 19.7 Å². The Morgan fingerprint density at radius 3 is 2.55 bits per heavy atom. The van der Waals surface area contributed by atoms with E-state index in [1.165, 1.54) is 29.2 Å². The van der Waals surface area contributed by atoms with Crippen molar-refractivity contribution in [2.24, 2.45) is 0 Å². The van der Waals surface area contributed by atoms with Crippen LogP contribution in [0.1, 0.15) is 38.9 Å². The number of benzene rings is 2. The lowest BCUT2D eigenvalue weighted by Gasteiger charge is -2.08. The Morgan fingerprint density at radius 1 is 1.13 bits per heavy atom. The summed E-state index contributed by atoms with van der Waals surface area (Å²) in [6, 6.07) is 11.3. The van der Waals surface area contributed by atoms with Gasteiger partial charge >= 0.3 is 0 Å². The third-order valence-corrected chi connectivity index (χ3v) is 6.31. The number of nitro benzene ring substituents is 1. The second kappa shape index (κ2) is 10.2. The van der Waals surface area contributed by atoms with Crippen LogP contribution < -0.4 is 10.6 Å². The van der Waals surface area contributed by atoms with Gasteiger partial charge in [0.25, 0.3) is 17.5 Å². The second-order valence-electron chi connectivity index (χ2n) is 6.54. The number of nitro groups is 1. The molecule has 8 nitrogen and oxygen atoms in total. The van der Waals surface area contributed by atoms with E-state index in [0.29, 0.717) is 21.3 Å². The first-order valence-electron chi connectivity index (χ1n) is 9.41. The van der Waals surface area contributed by atoms with Gasteiger partial charge in [0.05, 0.1) is 9.82 Å². The molecule has 0 spiro atoms. The summed E-state index contributed by atoms with van der Waals surface area (Å²) in [6.45, 7) is 4.40. The monoisotopic (exact) mass is 456 g/mol. The molecule has 2 aromatic carbocycles. The van der Waals surface area contributed by atoms with Crippen molar-refractivity contribution in [3.05, 3.63) is 80.3 Å². The zero-order valence-electron chi connectivity index (χ0n) is 16.9. The van der Waals surface area contributed by atoms with E-state index in [4.69, 9.17) is 0 Å². The van der Waals surface area contributed by atoms with Crippen LogP contribution in [0.4, 0.5) is 5.69 Å². The molecule has 1 heterocycles. The zero-order valence-corrected chi connectivity index (χ0v) is 18.5. The Hall–Kier alpha value is -3.24. The van der Waals surface area contributed by atoms with Gasteiger partial charge in [0.1, 0.15) is 0 Å². The molecule has 31 heavy (non-hydrogen) atoms. The van der Waals surface area contributed by atoms with Crippen LogP contribution in [0.15, 0.2) is 57.1 Å². The molecule has 1 aromatic heterocycles. The highest BCUT2D eigenvalue weighted by molar-refractivity contribution is 8.01. The van der Waals surface area contributed by atoms with Crippen LogP contribution in [-0.4, -0.2) is 28.3 Å². The van der Waals surface area contributed by atoms with Gasteiger partial charge < -0.3 is 10.6 Å². The molecule has 0 aliphatic rings. The maximum absolute atomic E-state index is 12.6. The van der Waals surface area contributed by atoms with Crippen LogP contribution >= 0.6 is 23.1 Å². The highest BCUT2D eigenvalue weighted by Gasteiger charge is 2.19. The largest absolute Gasteiger partial charge is 0.352 e. The SMILES string of the molecule is CCNC(=O)c1cccc(CNC(=O)c2ccc(Sc3nc(C)cs3)c([N+](=O)[O-])c2)c1. The first-order chi connectivity index (χ1) is 14.9. The van der Waals surface area contributed by atoms with Gasteiger partial charge in [-0.05, 0) is 43.7 Å². The predicted octanol–water partition coefficient (Wildman–Crippen LogP) is 4.19. The highest BCUT2D eigenvalue weighted by Crippen LogP contribution is 2.36. The topological polar surface area (TPSA) is 114 Å². The molecule has 10 heteroatoms. The summed E-state index contributed by atoms with van der Waals surface area (Å²) in [5.74, 6) is -0.622. The van der Waals surface area contributed by atoms with E-state index in [2.05, 4.69) is 15.6 Å². The molecule has 0 aliphatic carbocycles. The maximum Gasteiger partial charge on any atom is 0.284 e. The van der Waals surface area contributed by atoms with Crippen LogP contribution in [0, 0.1) is 17.0 Å². The number of aryl methyl sites for hydroxylation is 1. The summed E-state index contributed by atoms with van der Waals surface area (Å²) in [6.07, 6.45) is 0. The van der Waals surface area contributed by atoms with E-state index in [1.54, 1.807) is 36.4 Å². The molecule has 0 aliphatic heterocycles. The van der Waals surface area contributed by atoms with Gasteiger partial charge in [0, 0.05) is 41.4 Å². The van der Waals surface area contributed by atoms with E-state index in [9.17, 15) is 19.7 Å². The molecule has 3 rings (SSSR count). The fraction of sp³-hybridized carbons (Fsp3) is 0.190. The Bertz CT molecular complexity index is 1130. The summed E-state index contributed by atoms with van der Waals surface area (Å²) in [4.78, 5) is 40.3. The lowest BCUT2D eigenvalue weighted by Crippen LogP contribution is -2.24. The van der Waals surface area contributed by atoms with Crippen molar-refractivity contribution >= 4 is 40.6 Å². The van der Waals surface area contributed by atoms with E-state index in [-0.39, 0.29) is 23.7 Å². The average molecular weight is 457 g/mol. The Labute approximate surface area is 187 Å². The lowest BCUT2D eigenvalue weighted by molar-refractivity contribution is -0.387. The first-order valence-corrected chi connectivity index (χ1v) is 11.1. The summed E-state index contributed by atoms with van der Waals surface area (Å²) >= 11 is 2.61. The van der Waals surface area contributed by atoms with E-state index in [1.807, 2.05) is 19.2 Å². The van der Waals surface area contributed by atoms with Crippen LogP contribution in [0.5, 0.6) is 0 Å². The van der Waals surface area contributed by atoms with Crippen molar-refractivity contribution in [1.82, 2.24) is 15.6 Å². The van der Waals surface area contributed by atoms with Crippen molar-refractivity contribution in [3.63, 3.8) is 0 Å². The zero-order chi connectivity index (χ0) is 22.4. The van der Waals surface area contributed by atoms with Gasteiger partial charge in [-0.15, -0.1) is 11.3 Å². The van der Waals surface area contributed by atoms with Crippen LogP contribution in [0.2, 0.25) is 0 Å². The summed E-state index contributed by atoms with van der Waals surface area (Å²) in [5, 5.41) is 18.9. The quantitative estimate of drug-likeness (QED) is 0.388. The van der Waals surface area contributed by atoms with Gasteiger partial charge in [-0.2, -0.15) is 0 Å². The number of hydrogen-bond donors (Lipinski definition) is 2. The predicted molar refractivity (Wildman–Crippen MR) is 120 cm³/mol. The minimum absolute atomic E-state index is 0.149. The molecule has 0 radical (unpaired) electrons. The maximum atomic E-state index is 12.6. The van der Waals surface area contributed by atoms with Crippen molar-refractivity contribution < 1.29 is 14.5 Å². The average Bonchev–Trinajstić information content (AvgIpc) is 3.17. The van der Waals surface area contributed by atoms with Crippen molar-refractivity contribution in [3.8, 4) is 0 Å². The van der Waals surface area contributed by atoms with Crippen LogP contribution in [0.3, 0.4) is 0 Å². The normalized spacial score (nSPS) is 10.5. The second-order valence-corrected chi connectivity index (χ2v) is 8.69. The molecule has 160 valence electrons. The van der Waals surface area contributed by atoms with E-state index < -0.39 is 10.8 Å². The van der Waals surface area contributed by atoms with Crippen molar-refractivity contribution in [2.45, 2.75) is 29.6 Å². The van der Waals surface area contributed by atoms with Crippen LogP contribution in [0.25, 0.3) is 0 Å². The summed E-state index contributed by atoms with van der Waals surface area (Å²) in [5.41, 5.74) is 2.14.